The Morgan fingerprint density at radius 1 is 1.33 bits per heavy atom. The number of halogens is 2. The highest BCUT2D eigenvalue weighted by Crippen LogP contribution is 2.37. The van der Waals surface area contributed by atoms with Crippen LogP contribution in [0.25, 0.3) is 0 Å². The van der Waals surface area contributed by atoms with Gasteiger partial charge in [0.15, 0.2) is 0 Å². The Morgan fingerprint density at radius 3 is 2.71 bits per heavy atom. The van der Waals surface area contributed by atoms with Crippen molar-refractivity contribution in [1.29, 1.82) is 0 Å². The van der Waals surface area contributed by atoms with Crippen LogP contribution >= 0.6 is 27.5 Å². The summed E-state index contributed by atoms with van der Waals surface area (Å²) in [6.45, 7) is 2.08. The fourth-order valence-electron chi connectivity index (χ4n) is 1.39. The molecule has 0 bridgehead atoms. The lowest BCUT2D eigenvalue weighted by Crippen LogP contribution is -2.02. The second-order valence-corrected chi connectivity index (χ2v) is 4.74. The van der Waals surface area contributed by atoms with Crippen molar-refractivity contribution >= 4 is 33.2 Å². The van der Waals surface area contributed by atoms with Crippen molar-refractivity contribution in [2.45, 2.75) is 6.92 Å². The van der Waals surface area contributed by atoms with E-state index in [4.69, 9.17) is 21.1 Å². The molecule has 0 atom stereocenters. The van der Waals surface area contributed by atoms with Crippen molar-refractivity contribution in [3.05, 3.63) is 38.1 Å². The molecule has 10 heteroatoms. The number of hydrogen-bond acceptors (Lipinski definition) is 7. The van der Waals surface area contributed by atoms with Gasteiger partial charge < -0.3 is 9.47 Å². The van der Waals surface area contributed by atoms with Crippen LogP contribution in [0, 0.1) is 10.1 Å². The fourth-order valence-corrected chi connectivity index (χ4v) is 1.97. The van der Waals surface area contributed by atoms with E-state index >= 15 is 0 Å². The predicted octanol–water partition coefficient (Wildman–Crippen LogP) is 3.39. The number of para-hydroxylation sites is 1. The number of rotatable bonds is 5. The zero-order valence-corrected chi connectivity index (χ0v) is 13.0. The molecule has 21 heavy (non-hydrogen) atoms. The Kier molecular flexibility index (Phi) is 4.86. The average Bonchev–Trinajstić information content (AvgIpc) is 2.40. The first-order valence-electron chi connectivity index (χ1n) is 5.66. The summed E-state index contributed by atoms with van der Waals surface area (Å²) < 4.78 is 10.8. The molecule has 0 amide bonds. The molecular weight excluding hydrogens is 368 g/mol. The summed E-state index contributed by atoms with van der Waals surface area (Å²) in [5.74, 6) is -0.0350. The van der Waals surface area contributed by atoms with Crippen LogP contribution in [0.3, 0.4) is 0 Å². The lowest BCUT2D eigenvalue weighted by atomic mass is 10.3. The lowest BCUT2D eigenvalue weighted by Gasteiger charge is -2.07. The van der Waals surface area contributed by atoms with Gasteiger partial charge in [-0.2, -0.15) is 9.97 Å². The standard InChI is InChI=1S/C11H8BrClN4O4/c1-2-20-10-14-9(13)15-11(16-10)21-8-6(12)4-3-5-7(8)17(18)19/h3-5H,2H2,1H3. The van der Waals surface area contributed by atoms with Crippen molar-refractivity contribution in [1.82, 2.24) is 15.0 Å². The van der Waals surface area contributed by atoms with Gasteiger partial charge in [0.25, 0.3) is 0 Å². The summed E-state index contributed by atoms with van der Waals surface area (Å²) in [5.41, 5.74) is -0.237. The molecule has 1 aromatic carbocycles. The molecule has 0 saturated carbocycles. The summed E-state index contributed by atoms with van der Waals surface area (Å²) in [5, 5.41) is 10.9. The summed E-state index contributed by atoms with van der Waals surface area (Å²) >= 11 is 8.90. The average molecular weight is 376 g/mol. The highest BCUT2D eigenvalue weighted by Gasteiger charge is 2.20. The van der Waals surface area contributed by atoms with Crippen molar-refractivity contribution in [2.75, 3.05) is 6.61 Å². The van der Waals surface area contributed by atoms with E-state index in [1.807, 2.05) is 0 Å². The van der Waals surface area contributed by atoms with Crippen LogP contribution in [0.1, 0.15) is 6.92 Å². The third kappa shape index (κ3) is 3.76. The number of aromatic nitrogens is 3. The van der Waals surface area contributed by atoms with E-state index in [9.17, 15) is 10.1 Å². The van der Waals surface area contributed by atoms with Gasteiger partial charge in [0.1, 0.15) is 0 Å². The minimum Gasteiger partial charge on any atom is -0.464 e. The summed E-state index contributed by atoms with van der Waals surface area (Å²) in [6.07, 6.45) is 0. The molecule has 2 rings (SSSR count). The molecule has 0 N–H and O–H groups in total. The summed E-state index contributed by atoms with van der Waals surface area (Å²) in [4.78, 5) is 21.8. The minimum atomic E-state index is -0.577. The molecule has 2 aromatic rings. The van der Waals surface area contributed by atoms with Crippen LogP contribution in [-0.4, -0.2) is 26.5 Å². The van der Waals surface area contributed by atoms with Crippen molar-refractivity contribution in [3.8, 4) is 17.8 Å². The fraction of sp³-hybridized carbons (Fsp3) is 0.182. The van der Waals surface area contributed by atoms with Crippen molar-refractivity contribution in [3.63, 3.8) is 0 Å². The molecule has 0 unspecified atom stereocenters. The molecule has 8 nitrogen and oxygen atoms in total. The van der Waals surface area contributed by atoms with Gasteiger partial charge in [0, 0.05) is 6.07 Å². The topological polar surface area (TPSA) is 100 Å². The Labute approximate surface area is 132 Å². The number of ether oxygens (including phenoxy) is 2. The van der Waals surface area contributed by atoms with Gasteiger partial charge in [-0.3, -0.25) is 10.1 Å². The number of hydrogen-bond donors (Lipinski definition) is 0. The number of nitrogens with zero attached hydrogens (tertiary/aromatic N) is 4. The predicted molar refractivity (Wildman–Crippen MR) is 76.9 cm³/mol. The molecule has 0 aliphatic carbocycles. The largest absolute Gasteiger partial charge is 0.464 e. The number of nitro groups is 1. The molecule has 0 fully saturated rings. The van der Waals surface area contributed by atoms with Crippen LogP contribution in [0.2, 0.25) is 5.28 Å². The van der Waals surface area contributed by atoms with E-state index in [-0.39, 0.29) is 28.7 Å². The molecule has 0 aliphatic rings. The van der Waals surface area contributed by atoms with E-state index in [1.54, 1.807) is 13.0 Å². The van der Waals surface area contributed by atoms with Crippen LogP contribution in [-0.2, 0) is 0 Å². The maximum Gasteiger partial charge on any atom is 0.329 e. The quantitative estimate of drug-likeness (QED) is 0.583. The molecular formula is C11H8BrClN4O4. The van der Waals surface area contributed by atoms with Crippen molar-refractivity contribution in [2.24, 2.45) is 0 Å². The Bertz CT molecular complexity index is 685. The van der Waals surface area contributed by atoms with Crippen LogP contribution in [0.4, 0.5) is 5.69 Å². The van der Waals surface area contributed by atoms with E-state index < -0.39 is 4.92 Å². The molecule has 0 spiro atoms. The first-order valence-corrected chi connectivity index (χ1v) is 6.83. The SMILES string of the molecule is CCOc1nc(Cl)nc(Oc2c(Br)cccc2[N+](=O)[O-])n1. The highest BCUT2D eigenvalue weighted by atomic mass is 79.9. The van der Waals surface area contributed by atoms with Gasteiger partial charge in [-0.25, -0.2) is 0 Å². The molecule has 110 valence electrons. The zero-order chi connectivity index (χ0) is 15.4. The summed E-state index contributed by atoms with van der Waals surface area (Å²) in [6, 6.07) is 4.18. The van der Waals surface area contributed by atoms with E-state index in [0.717, 1.165) is 0 Å². The molecule has 1 heterocycles. The van der Waals surface area contributed by atoms with Gasteiger partial charge in [0.05, 0.1) is 16.0 Å². The third-order valence-corrected chi connectivity index (χ3v) is 2.97. The Morgan fingerprint density at radius 2 is 2.05 bits per heavy atom. The second-order valence-electron chi connectivity index (χ2n) is 3.55. The monoisotopic (exact) mass is 374 g/mol. The number of nitro benzene ring substituents is 1. The van der Waals surface area contributed by atoms with Gasteiger partial charge in [-0.1, -0.05) is 6.07 Å². The lowest BCUT2D eigenvalue weighted by molar-refractivity contribution is -0.385. The van der Waals surface area contributed by atoms with Crippen molar-refractivity contribution < 1.29 is 14.4 Å². The van der Waals surface area contributed by atoms with Gasteiger partial charge >= 0.3 is 17.7 Å². The smallest absolute Gasteiger partial charge is 0.329 e. The van der Waals surface area contributed by atoms with Gasteiger partial charge in [-0.15, -0.1) is 4.98 Å². The summed E-state index contributed by atoms with van der Waals surface area (Å²) in [7, 11) is 0. The second kappa shape index (κ2) is 6.64. The van der Waals surface area contributed by atoms with Gasteiger partial charge in [0.2, 0.25) is 11.0 Å². The maximum atomic E-state index is 11.0. The normalized spacial score (nSPS) is 10.2. The maximum absolute atomic E-state index is 11.0. The van der Waals surface area contributed by atoms with Gasteiger partial charge in [-0.05, 0) is 40.5 Å². The van der Waals surface area contributed by atoms with Crippen LogP contribution < -0.4 is 9.47 Å². The highest BCUT2D eigenvalue weighted by molar-refractivity contribution is 9.10. The molecule has 0 saturated heterocycles. The van der Waals surface area contributed by atoms with E-state index in [1.165, 1.54) is 12.1 Å². The van der Waals surface area contributed by atoms with Crippen LogP contribution in [0.5, 0.6) is 17.8 Å². The zero-order valence-electron chi connectivity index (χ0n) is 10.6. The number of benzene rings is 1. The Hall–Kier alpha value is -2.00. The van der Waals surface area contributed by atoms with E-state index in [2.05, 4.69) is 30.9 Å². The molecule has 1 aromatic heterocycles. The molecule has 0 aliphatic heterocycles. The Balaban J connectivity index is 2.40. The first kappa shape index (κ1) is 15.4. The first-order chi connectivity index (χ1) is 10.0. The minimum absolute atomic E-state index is 0.0257. The third-order valence-electron chi connectivity index (χ3n) is 2.18. The molecule has 0 radical (unpaired) electrons. The van der Waals surface area contributed by atoms with Crippen LogP contribution in [0.15, 0.2) is 22.7 Å². The van der Waals surface area contributed by atoms with E-state index in [0.29, 0.717) is 11.1 Å².